The molecular formula is C31H30Cl2N2O5S. The number of rotatable bonds is 10. The Morgan fingerprint density at radius 2 is 1.78 bits per heavy atom. The van der Waals surface area contributed by atoms with Crippen LogP contribution in [0.5, 0.6) is 11.5 Å². The number of nitrogens with zero attached hydrogens (tertiary/aromatic N) is 1. The van der Waals surface area contributed by atoms with Gasteiger partial charge in [-0.3, -0.25) is 19.3 Å². The van der Waals surface area contributed by atoms with Gasteiger partial charge in [-0.25, -0.2) is 0 Å². The first kappa shape index (κ1) is 30.5. The summed E-state index contributed by atoms with van der Waals surface area (Å²) in [6, 6.07) is 16.1. The van der Waals surface area contributed by atoms with Crippen LogP contribution in [-0.4, -0.2) is 41.7 Å². The number of amides is 3. The van der Waals surface area contributed by atoms with Crippen LogP contribution in [0.1, 0.15) is 42.0 Å². The van der Waals surface area contributed by atoms with Gasteiger partial charge in [-0.05, 0) is 90.7 Å². The number of nitrogens with one attached hydrogen (secondary N) is 1. The fourth-order valence-corrected chi connectivity index (χ4v) is 5.32. The molecule has 0 aliphatic carbocycles. The maximum atomic E-state index is 13.1. The van der Waals surface area contributed by atoms with E-state index in [1.165, 1.54) is 0 Å². The largest absolute Gasteiger partial charge is 0.491 e. The van der Waals surface area contributed by atoms with Gasteiger partial charge < -0.3 is 14.8 Å². The highest BCUT2D eigenvalue weighted by molar-refractivity contribution is 8.18. The Balaban J connectivity index is 1.41. The van der Waals surface area contributed by atoms with E-state index >= 15 is 0 Å². The molecule has 0 radical (unpaired) electrons. The van der Waals surface area contributed by atoms with Gasteiger partial charge in [0.05, 0.1) is 11.4 Å². The molecule has 1 saturated heterocycles. The molecule has 1 N–H and O–H groups in total. The minimum atomic E-state index is -0.433. The van der Waals surface area contributed by atoms with Crippen LogP contribution in [0.25, 0.3) is 6.08 Å². The molecule has 1 heterocycles. The zero-order valence-corrected chi connectivity index (χ0v) is 25.5. The van der Waals surface area contributed by atoms with Crippen LogP contribution in [0, 0.1) is 13.8 Å². The van der Waals surface area contributed by atoms with Crippen LogP contribution in [-0.2, 0) is 9.59 Å². The van der Waals surface area contributed by atoms with Crippen molar-refractivity contribution in [2.45, 2.75) is 33.6 Å². The predicted octanol–water partition coefficient (Wildman–Crippen LogP) is 7.87. The fraction of sp³-hybridized carbons (Fsp3) is 0.258. The summed E-state index contributed by atoms with van der Waals surface area (Å²) in [5, 5.41) is 3.30. The third-order valence-corrected chi connectivity index (χ3v) is 7.86. The summed E-state index contributed by atoms with van der Waals surface area (Å²) in [4.78, 5) is 39.7. The zero-order valence-electron chi connectivity index (χ0n) is 23.1. The van der Waals surface area contributed by atoms with Crippen molar-refractivity contribution < 1.29 is 23.9 Å². The number of imide groups is 1. The van der Waals surface area contributed by atoms with Crippen molar-refractivity contribution in [3.63, 3.8) is 0 Å². The summed E-state index contributed by atoms with van der Waals surface area (Å²) < 4.78 is 11.7. The molecule has 0 unspecified atom stereocenters. The van der Waals surface area contributed by atoms with E-state index in [1.807, 2.05) is 32.0 Å². The minimum Gasteiger partial charge on any atom is -0.491 e. The number of hydrogen-bond donors (Lipinski definition) is 1. The first-order valence-corrected chi connectivity index (χ1v) is 14.6. The molecule has 4 rings (SSSR count). The molecule has 1 fully saturated rings. The molecule has 0 spiro atoms. The Bertz CT molecular complexity index is 1520. The van der Waals surface area contributed by atoms with Crippen LogP contribution in [0.3, 0.4) is 0 Å². The fourth-order valence-electron chi connectivity index (χ4n) is 4.10. The van der Waals surface area contributed by atoms with Crippen LogP contribution in [0.15, 0.2) is 59.5 Å². The number of benzene rings is 3. The number of halogens is 2. The standard InChI is InChI=1S/C31H30Cl2N2O5S/c1-18(2)24-9-5-19(3)13-27(24)39-12-11-35-30(37)28(41-31(35)38)15-21-14-22(32)7-10-26(21)40-17-29(36)34-23-8-6-20(4)25(33)16-23/h5-10,13-16,18H,11-12,17H2,1-4H3,(H,34,36)/b28-15-. The van der Waals surface area contributed by atoms with Crippen molar-refractivity contribution in [3.05, 3.63) is 91.8 Å². The van der Waals surface area contributed by atoms with Crippen LogP contribution in [0.2, 0.25) is 10.0 Å². The molecule has 214 valence electrons. The van der Waals surface area contributed by atoms with E-state index < -0.39 is 5.91 Å². The monoisotopic (exact) mass is 612 g/mol. The predicted molar refractivity (Wildman–Crippen MR) is 165 cm³/mol. The van der Waals surface area contributed by atoms with Gasteiger partial charge in [-0.15, -0.1) is 0 Å². The molecule has 0 aromatic heterocycles. The zero-order chi connectivity index (χ0) is 29.7. The van der Waals surface area contributed by atoms with E-state index in [9.17, 15) is 14.4 Å². The number of ether oxygens (including phenoxy) is 2. The number of carbonyl (C=O) groups is 3. The van der Waals surface area contributed by atoms with Crippen molar-refractivity contribution in [3.8, 4) is 11.5 Å². The Hall–Kier alpha value is -3.46. The molecule has 7 nitrogen and oxygen atoms in total. The van der Waals surface area contributed by atoms with Gasteiger partial charge in [0.1, 0.15) is 18.1 Å². The number of thioether (sulfide) groups is 1. The normalized spacial score (nSPS) is 14.2. The summed E-state index contributed by atoms with van der Waals surface area (Å²) in [5.74, 6) is 0.532. The lowest BCUT2D eigenvalue weighted by atomic mass is 10.0. The van der Waals surface area contributed by atoms with E-state index in [4.69, 9.17) is 32.7 Å². The van der Waals surface area contributed by atoms with Crippen molar-refractivity contribution in [1.82, 2.24) is 4.90 Å². The first-order valence-electron chi connectivity index (χ1n) is 13.0. The van der Waals surface area contributed by atoms with Crippen LogP contribution < -0.4 is 14.8 Å². The second kappa shape index (κ2) is 13.5. The highest BCUT2D eigenvalue weighted by Crippen LogP contribution is 2.35. The van der Waals surface area contributed by atoms with Gasteiger partial charge in [0, 0.05) is 21.3 Å². The maximum absolute atomic E-state index is 13.1. The molecule has 0 atom stereocenters. The smallest absolute Gasteiger partial charge is 0.293 e. The molecule has 1 aliphatic rings. The number of hydrogen-bond acceptors (Lipinski definition) is 6. The summed E-state index contributed by atoms with van der Waals surface area (Å²) >= 11 is 13.2. The summed E-state index contributed by atoms with van der Waals surface area (Å²) in [6.45, 7) is 8.01. The van der Waals surface area contributed by atoms with Gasteiger partial charge in [-0.2, -0.15) is 0 Å². The Kier molecular flexibility index (Phi) is 10.0. The molecule has 3 aromatic carbocycles. The van der Waals surface area contributed by atoms with Crippen molar-refractivity contribution in [2.24, 2.45) is 0 Å². The number of aryl methyl sites for hydroxylation is 2. The molecule has 0 bridgehead atoms. The second-order valence-corrected chi connectivity index (χ2v) is 11.7. The average molecular weight is 614 g/mol. The van der Waals surface area contributed by atoms with Crippen molar-refractivity contribution >= 4 is 63.8 Å². The first-order chi connectivity index (χ1) is 19.5. The van der Waals surface area contributed by atoms with E-state index in [-0.39, 0.29) is 41.7 Å². The highest BCUT2D eigenvalue weighted by atomic mass is 35.5. The third-order valence-electron chi connectivity index (χ3n) is 6.31. The quantitative estimate of drug-likeness (QED) is 0.234. The van der Waals surface area contributed by atoms with Crippen molar-refractivity contribution in [2.75, 3.05) is 25.1 Å². The van der Waals surface area contributed by atoms with E-state index in [0.717, 1.165) is 39.1 Å². The minimum absolute atomic E-state index is 0.107. The van der Waals surface area contributed by atoms with Crippen LogP contribution >= 0.6 is 35.0 Å². The van der Waals surface area contributed by atoms with Gasteiger partial charge in [0.2, 0.25) is 0 Å². The topological polar surface area (TPSA) is 84.9 Å². The van der Waals surface area contributed by atoms with Crippen LogP contribution in [0.4, 0.5) is 10.5 Å². The number of carbonyl (C=O) groups excluding carboxylic acids is 3. The summed E-state index contributed by atoms with van der Waals surface area (Å²) in [6.07, 6.45) is 1.54. The summed E-state index contributed by atoms with van der Waals surface area (Å²) in [7, 11) is 0. The molecule has 10 heteroatoms. The summed E-state index contributed by atoms with van der Waals surface area (Å²) in [5.41, 5.74) is 4.04. The molecule has 1 aliphatic heterocycles. The lowest BCUT2D eigenvalue weighted by molar-refractivity contribution is -0.123. The van der Waals surface area contributed by atoms with E-state index in [0.29, 0.717) is 27.0 Å². The Morgan fingerprint density at radius 1 is 1.00 bits per heavy atom. The lowest BCUT2D eigenvalue weighted by Gasteiger charge is -2.17. The van der Waals surface area contributed by atoms with Crippen molar-refractivity contribution in [1.29, 1.82) is 0 Å². The Morgan fingerprint density at radius 3 is 2.51 bits per heavy atom. The van der Waals surface area contributed by atoms with Gasteiger partial charge in [0.25, 0.3) is 17.1 Å². The molecule has 41 heavy (non-hydrogen) atoms. The van der Waals surface area contributed by atoms with Gasteiger partial charge in [0.15, 0.2) is 6.61 Å². The van der Waals surface area contributed by atoms with Gasteiger partial charge in [-0.1, -0.05) is 55.2 Å². The molecular weight excluding hydrogens is 583 g/mol. The number of anilines is 1. The third kappa shape index (κ3) is 7.85. The molecule has 3 amide bonds. The molecule has 0 saturated carbocycles. The SMILES string of the molecule is Cc1ccc(C(C)C)c(OCCN2C(=O)S/C(=C\c3cc(Cl)ccc3OCC(=O)Nc3ccc(C)c(Cl)c3)C2=O)c1. The van der Waals surface area contributed by atoms with E-state index in [2.05, 4.69) is 19.2 Å². The second-order valence-electron chi connectivity index (χ2n) is 9.86. The maximum Gasteiger partial charge on any atom is 0.293 e. The highest BCUT2D eigenvalue weighted by Gasteiger charge is 2.35. The average Bonchev–Trinajstić information content (AvgIpc) is 3.17. The lowest BCUT2D eigenvalue weighted by Crippen LogP contribution is -2.32. The van der Waals surface area contributed by atoms with Gasteiger partial charge >= 0.3 is 0 Å². The molecule has 3 aromatic rings. The van der Waals surface area contributed by atoms with E-state index in [1.54, 1.807) is 42.5 Å². The Labute approximate surface area is 253 Å².